The maximum Gasteiger partial charge on any atom is 0.352 e. The number of carboxylic acids is 1. The van der Waals surface area contributed by atoms with E-state index in [2.05, 4.69) is 0 Å². The lowest BCUT2D eigenvalue weighted by molar-refractivity contribution is -0.134. The number of hydrogen-bond acceptors (Lipinski definition) is 1. The van der Waals surface area contributed by atoms with E-state index >= 15 is 0 Å². The van der Waals surface area contributed by atoms with Crippen molar-refractivity contribution in [1.29, 1.82) is 0 Å². The molecule has 0 unspecified atom stereocenters. The highest BCUT2D eigenvalue weighted by Crippen LogP contribution is 2.24. The van der Waals surface area contributed by atoms with Crippen molar-refractivity contribution in [2.45, 2.75) is 6.04 Å². The Labute approximate surface area is 61.5 Å². The Morgan fingerprint density at radius 1 is 1.50 bits per heavy atom. The maximum absolute atomic E-state index is 9.80. The molecule has 1 N–H and O–H groups in total. The van der Waals surface area contributed by atoms with Gasteiger partial charge in [0, 0.05) is 0 Å². The summed E-state index contributed by atoms with van der Waals surface area (Å²) in [6.45, 7) is 0. The Morgan fingerprint density at radius 3 is 1.88 bits per heavy atom. The summed E-state index contributed by atoms with van der Waals surface area (Å²) in [5.74, 6) is -1.06. The van der Waals surface area contributed by atoms with Crippen molar-refractivity contribution in [3.05, 3.63) is 0 Å². The smallest absolute Gasteiger partial charge is 0.352 e. The summed E-state index contributed by atoms with van der Waals surface area (Å²) in [6, 6.07) is -3.22. The second kappa shape index (κ2) is 2.92. The number of hydrogen-bond donors (Lipinski definition) is 1. The number of carbonyl (C=O) groups is 1. The molecule has 0 aliphatic carbocycles. The fourth-order valence-electron chi connectivity index (χ4n) is 0.171. The molecule has 2 nitrogen and oxygen atoms in total. The Balaban J connectivity index is 3.55. The van der Waals surface area contributed by atoms with E-state index in [1.165, 1.54) is 0 Å². The monoisotopic (exact) mass is 192 g/mol. The van der Waals surface area contributed by atoms with Crippen LogP contribution >= 0.6 is 33.2 Å². The fraction of sp³-hybridized carbons (Fsp3) is 0.500. The average Bonchev–Trinajstić information content (AvgIpc) is 1.21. The minimum Gasteiger partial charge on any atom is -0.481 e. The van der Waals surface area contributed by atoms with Crippen molar-refractivity contribution in [3.63, 3.8) is 0 Å². The lowest BCUT2D eigenvalue weighted by atomic mass is 10.8. The molecule has 0 amide bonds. The molecular formula is C2H3Cl3O2Si. The van der Waals surface area contributed by atoms with Gasteiger partial charge in [-0.25, -0.2) is 0 Å². The van der Waals surface area contributed by atoms with Gasteiger partial charge in [0.1, 0.15) is 0 Å². The largest absolute Gasteiger partial charge is 0.481 e. The number of carboxylic acid groups (broad SMARTS) is 1. The Bertz CT molecular complexity index is 97.9. The van der Waals surface area contributed by atoms with Crippen LogP contribution in [0.4, 0.5) is 0 Å². The summed E-state index contributed by atoms with van der Waals surface area (Å²) in [5.41, 5.74) is 0. The minimum atomic E-state index is -2.90. The lowest BCUT2D eigenvalue weighted by Gasteiger charge is -2.00. The first-order valence-electron chi connectivity index (χ1n) is 1.70. The van der Waals surface area contributed by atoms with Gasteiger partial charge in [0.15, 0.2) is 0 Å². The molecule has 0 radical (unpaired) electrons. The summed E-state index contributed by atoms with van der Waals surface area (Å²) in [7, 11) is 0. The maximum atomic E-state index is 9.80. The van der Waals surface area contributed by atoms with Crippen molar-refractivity contribution in [2.75, 3.05) is 0 Å². The van der Waals surface area contributed by atoms with Gasteiger partial charge in [-0.3, -0.25) is 4.79 Å². The van der Waals surface area contributed by atoms with E-state index in [0.29, 0.717) is 0 Å². The third-order valence-electron chi connectivity index (χ3n) is 0.352. The van der Waals surface area contributed by atoms with E-state index in [9.17, 15) is 4.79 Å². The van der Waals surface area contributed by atoms with Crippen LogP contribution in [0.15, 0.2) is 0 Å². The predicted octanol–water partition coefficient (Wildman–Crippen LogP) is 1.73. The molecule has 6 heteroatoms. The molecule has 48 valence electrons. The lowest BCUT2D eigenvalue weighted by Crippen LogP contribution is -2.14. The quantitative estimate of drug-likeness (QED) is 0.536. The molecule has 0 bridgehead atoms. The molecule has 0 aliphatic heterocycles. The van der Waals surface area contributed by atoms with Crippen molar-refractivity contribution in [1.82, 2.24) is 0 Å². The van der Waals surface area contributed by atoms with Gasteiger partial charge in [0.25, 0.3) is 0 Å². The van der Waals surface area contributed by atoms with Gasteiger partial charge in [-0.2, -0.15) is 0 Å². The SMILES string of the molecule is O=C(O)C[Si](Cl)(Cl)Cl. The van der Waals surface area contributed by atoms with E-state index in [0.717, 1.165) is 0 Å². The highest BCUT2D eigenvalue weighted by Gasteiger charge is 2.28. The standard InChI is InChI=1S/C2H3Cl3O2Si/c3-8(4,5)1-2(6)7/h1H2,(H,6,7). The molecule has 0 rings (SSSR count). The molecule has 0 heterocycles. The Morgan fingerprint density at radius 2 is 1.88 bits per heavy atom. The molecule has 0 spiro atoms. The number of halogens is 3. The molecular weight excluding hydrogens is 190 g/mol. The Kier molecular flexibility index (Phi) is 3.12. The first-order chi connectivity index (χ1) is 3.42. The van der Waals surface area contributed by atoms with Gasteiger partial charge < -0.3 is 5.11 Å². The number of aliphatic carboxylic acids is 1. The second-order valence-corrected chi connectivity index (χ2v) is 10.3. The van der Waals surface area contributed by atoms with Crippen LogP contribution in [-0.2, 0) is 4.79 Å². The van der Waals surface area contributed by atoms with Crippen LogP contribution in [0.25, 0.3) is 0 Å². The molecule has 0 aromatic heterocycles. The van der Waals surface area contributed by atoms with E-state index in [4.69, 9.17) is 38.3 Å². The van der Waals surface area contributed by atoms with Crippen molar-refractivity contribution < 1.29 is 9.90 Å². The summed E-state index contributed by atoms with van der Waals surface area (Å²) >= 11 is 15.7. The zero-order chi connectivity index (χ0) is 6.78. The van der Waals surface area contributed by atoms with Crippen LogP contribution < -0.4 is 0 Å². The molecule has 0 saturated carbocycles. The van der Waals surface area contributed by atoms with Gasteiger partial charge in [-0.1, -0.05) is 0 Å². The first kappa shape index (κ1) is 8.56. The van der Waals surface area contributed by atoms with Gasteiger partial charge in [0.2, 0.25) is 0 Å². The highest BCUT2D eigenvalue weighted by molar-refractivity contribution is 7.65. The van der Waals surface area contributed by atoms with Gasteiger partial charge in [0.05, 0.1) is 6.04 Å². The van der Waals surface area contributed by atoms with E-state index in [1.807, 2.05) is 0 Å². The topological polar surface area (TPSA) is 37.3 Å². The molecule has 0 aromatic rings. The van der Waals surface area contributed by atoms with Crippen LogP contribution in [-0.4, -0.2) is 17.1 Å². The van der Waals surface area contributed by atoms with Crippen LogP contribution in [0.1, 0.15) is 0 Å². The van der Waals surface area contributed by atoms with E-state index < -0.39 is 12.0 Å². The predicted molar refractivity (Wildman–Crippen MR) is 35.8 cm³/mol. The molecule has 0 aliphatic rings. The van der Waals surface area contributed by atoms with E-state index in [1.54, 1.807) is 0 Å². The molecule has 0 aromatic carbocycles. The summed E-state index contributed by atoms with van der Waals surface area (Å²) in [4.78, 5) is 9.80. The summed E-state index contributed by atoms with van der Waals surface area (Å²) < 4.78 is 0. The Hall–Kier alpha value is 0.557. The summed E-state index contributed by atoms with van der Waals surface area (Å²) in [6.07, 6.45) is 0. The van der Waals surface area contributed by atoms with Crippen LogP contribution in [0.5, 0.6) is 0 Å². The van der Waals surface area contributed by atoms with Crippen molar-refractivity contribution in [2.24, 2.45) is 0 Å². The third kappa shape index (κ3) is 6.56. The van der Waals surface area contributed by atoms with Gasteiger partial charge in [-0.15, -0.1) is 33.2 Å². The van der Waals surface area contributed by atoms with E-state index in [-0.39, 0.29) is 6.04 Å². The third-order valence-corrected chi connectivity index (χ3v) is 2.26. The first-order valence-corrected chi connectivity index (χ1v) is 6.94. The average molecular weight is 193 g/mol. The molecule has 0 atom stereocenters. The molecule has 8 heavy (non-hydrogen) atoms. The second-order valence-electron chi connectivity index (χ2n) is 1.19. The van der Waals surface area contributed by atoms with Crippen LogP contribution in [0, 0.1) is 0 Å². The molecule has 0 fully saturated rings. The zero-order valence-corrected chi connectivity index (χ0v) is 6.96. The normalized spacial score (nSPS) is 11.4. The zero-order valence-electron chi connectivity index (χ0n) is 3.70. The summed E-state index contributed by atoms with van der Waals surface area (Å²) in [5, 5.41) is 8.03. The van der Waals surface area contributed by atoms with Crippen LogP contribution in [0.2, 0.25) is 6.04 Å². The number of rotatable bonds is 2. The fourth-order valence-corrected chi connectivity index (χ4v) is 1.54. The van der Waals surface area contributed by atoms with Crippen molar-refractivity contribution in [3.8, 4) is 0 Å². The highest BCUT2D eigenvalue weighted by atomic mass is 35.8. The van der Waals surface area contributed by atoms with Gasteiger partial charge in [-0.05, 0) is 0 Å². The molecule has 0 saturated heterocycles. The van der Waals surface area contributed by atoms with Crippen molar-refractivity contribution >= 4 is 45.2 Å². The van der Waals surface area contributed by atoms with Gasteiger partial charge >= 0.3 is 12.0 Å². The minimum absolute atomic E-state index is 0.322. The van der Waals surface area contributed by atoms with Crippen LogP contribution in [0.3, 0.4) is 0 Å².